The van der Waals surface area contributed by atoms with Gasteiger partial charge in [0.25, 0.3) is 5.91 Å². The van der Waals surface area contributed by atoms with E-state index in [0.717, 1.165) is 25.7 Å². The first kappa shape index (κ1) is 14.4. The Kier molecular flexibility index (Phi) is 4.53. The van der Waals surface area contributed by atoms with Crippen LogP contribution in [0, 0.1) is 0 Å². The van der Waals surface area contributed by atoms with Crippen LogP contribution in [-0.4, -0.2) is 27.7 Å². The van der Waals surface area contributed by atoms with Crippen LogP contribution in [0.5, 0.6) is 0 Å². The van der Waals surface area contributed by atoms with Gasteiger partial charge in [0.05, 0.1) is 10.6 Å². The Labute approximate surface area is 118 Å². The molecular formula is C14H21ClN2O2. The molecule has 1 aromatic rings. The number of hydrogen-bond acceptors (Lipinski definition) is 2. The molecule has 1 aromatic heterocycles. The third kappa shape index (κ3) is 3.74. The Bertz CT molecular complexity index is 448. The van der Waals surface area contributed by atoms with Gasteiger partial charge < -0.3 is 15.0 Å². The third-order valence-electron chi connectivity index (χ3n) is 3.82. The van der Waals surface area contributed by atoms with Gasteiger partial charge in [-0.3, -0.25) is 4.79 Å². The number of carbonyl (C=O) groups excluding carboxylic acids is 1. The molecule has 0 radical (unpaired) electrons. The van der Waals surface area contributed by atoms with Gasteiger partial charge in [0.15, 0.2) is 0 Å². The molecule has 0 aliphatic heterocycles. The number of aryl methyl sites for hydroxylation is 1. The molecule has 2 N–H and O–H groups in total. The monoisotopic (exact) mass is 284 g/mol. The number of aliphatic hydroxyl groups is 1. The summed E-state index contributed by atoms with van der Waals surface area (Å²) in [6.07, 6.45) is 7.62. The molecule has 1 amide bonds. The van der Waals surface area contributed by atoms with E-state index in [0.29, 0.717) is 17.3 Å². The molecule has 106 valence electrons. The number of nitrogens with zero attached hydrogens (tertiary/aromatic N) is 1. The maximum Gasteiger partial charge on any atom is 0.268 e. The van der Waals surface area contributed by atoms with Crippen LogP contribution in [-0.2, 0) is 7.05 Å². The molecule has 0 aromatic carbocycles. The molecule has 0 unspecified atom stereocenters. The van der Waals surface area contributed by atoms with E-state index >= 15 is 0 Å². The quantitative estimate of drug-likeness (QED) is 0.838. The molecule has 5 heteroatoms. The van der Waals surface area contributed by atoms with Gasteiger partial charge >= 0.3 is 0 Å². The summed E-state index contributed by atoms with van der Waals surface area (Å²) in [6.45, 7) is 0.314. The molecule has 0 spiro atoms. The lowest BCUT2D eigenvalue weighted by molar-refractivity contribution is 0.0245. The SMILES string of the molecule is Cn1cc(Cl)cc1C(=O)NCC1(O)CCCCCC1. The number of aromatic nitrogens is 1. The number of nitrogens with one attached hydrogen (secondary N) is 1. The topological polar surface area (TPSA) is 54.3 Å². The van der Waals surface area contributed by atoms with Crippen molar-refractivity contribution in [2.24, 2.45) is 7.05 Å². The van der Waals surface area contributed by atoms with Crippen LogP contribution in [0.1, 0.15) is 49.0 Å². The van der Waals surface area contributed by atoms with Gasteiger partial charge in [0.1, 0.15) is 5.69 Å². The lowest BCUT2D eigenvalue weighted by Crippen LogP contribution is -2.42. The molecule has 0 atom stereocenters. The Morgan fingerprint density at radius 3 is 2.58 bits per heavy atom. The fourth-order valence-electron chi connectivity index (χ4n) is 2.65. The Morgan fingerprint density at radius 2 is 2.05 bits per heavy atom. The van der Waals surface area contributed by atoms with Crippen molar-refractivity contribution in [2.45, 2.75) is 44.1 Å². The largest absolute Gasteiger partial charge is 0.388 e. The van der Waals surface area contributed by atoms with E-state index < -0.39 is 5.60 Å². The third-order valence-corrected chi connectivity index (χ3v) is 4.02. The molecule has 4 nitrogen and oxygen atoms in total. The Hall–Kier alpha value is -1.00. The van der Waals surface area contributed by atoms with Crippen LogP contribution in [0.2, 0.25) is 5.02 Å². The molecule has 0 saturated heterocycles. The zero-order valence-corrected chi connectivity index (χ0v) is 12.0. The first-order chi connectivity index (χ1) is 9.00. The molecule has 1 saturated carbocycles. The predicted molar refractivity (Wildman–Crippen MR) is 75.4 cm³/mol. The summed E-state index contributed by atoms with van der Waals surface area (Å²) in [7, 11) is 1.78. The predicted octanol–water partition coefficient (Wildman–Crippen LogP) is 2.49. The summed E-state index contributed by atoms with van der Waals surface area (Å²) in [5.41, 5.74) is -0.233. The molecule has 1 heterocycles. The zero-order chi connectivity index (χ0) is 13.9. The normalized spacial score (nSPS) is 18.9. The van der Waals surface area contributed by atoms with E-state index in [-0.39, 0.29) is 5.91 Å². The number of carbonyl (C=O) groups is 1. The zero-order valence-electron chi connectivity index (χ0n) is 11.3. The average Bonchev–Trinajstić information content (AvgIpc) is 2.58. The maximum atomic E-state index is 12.0. The minimum absolute atomic E-state index is 0.188. The number of halogens is 1. The molecule has 1 fully saturated rings. The standard InChI is InChI=1S/C14H21ClN2O2/c1-17-9-11(15)8-12(17)13(18)16-10-14(19)6-4-2-3-5-7-14/h8-9,19H,2-7,10H2,1H3,(H,16,18). The highest BCUT2D eigenvalue weighted by Crippen LogP contribution is 2.26. The summed E-state index contributed by atoms with van der Waals surface area (Å²) < 4.78 is 1.69. The van der Waals surface area contributed by atoms with Gasteiger partial charge in [-0.15, -0.1) is 0 Å². The van der Waals surface area contributed by atoms with Crippen molar-refractivity contribution in [2.75, 3.05) is 6.54 Å². The lowest BCUT2D eigenvalue weighted by Gasteiger charge is -2.26. The van der Waals surface area contributed by atoms with E-state index in [9.17, 15) is 9.90 Å². The Balaban J connectivity index is 1.94. The van der Waals surface area contributed by atoms with E-state index in [4.69, 9.17) is 11.6 Å². The van der Waals surface area contributed by atoms with Gasteiger partial charge in [-0.2, -0.15) is 0 Å². The van der Waals surface area contributed by atoms with Crippen molar-refractivity contribution < 1.29 is 9.90 Å². The molecule has 1 aliphatic rings. The van der Waals surface area contributed by atoms with Gasteiger partial charge in [0, 0.05) is 19.8 Å². The van der Waals surface area contributed by atoms with Crippen molar-refractivity contribution in [3.8, 4) is 0 Å². The number of hydrogen-bond donors (Lipinski definition) is 2. The van der Waals surface area contributed by atoms with Crippen molar-refractivity contribution in [3.63, 3.8) is 0 Å². The van der Waals surface area contributed by atoms with Crippen LogP contribution in [0.25, 0.3) is 0 Å². The van der Waals surface area contributed by atoms with Crippen molar-refractivity contribution in [1.29, 1.82) is 0 Å². The fraction of sp³-hybridized carbons (Fsp3) is 0.643. The molecule has 19 heavy (non-hydrogen) atoms. The Morgan fingerprint density at radius 1 is 1.42 bits per heavy atom. The summed E-state index contributed by atoms with van der Waals surface area (Å²) in [4.78, 5) is 12.0. The van der Waals surface area contributed by atoms with E-state index in [1.165, 1.54) is 12.8 Å². The van der Waals surface area contributed by atoms with Crippen molar-refractivity contribution in [3.05, 3.63) is 23.0 Å². The summed E-state index contributed by atoms with van der Waals surface area (Å²) in [6, 6.07) is 1.63. The van der Waals surface area contributed by atoms with Crippen LogP contribution in [0.15, 0.2) is 12.3 Å². The van der Waals surface area contributed by atoms with Gasteiger partial charge in [-0.1, -0.05) is 37.3 Å². The van der Waals surface area contributed by atoms with E-state index in [1.54, 1.807) is 23.9 Å². The molecule has 0 bridgehead atoms. The molecule has 1 aliphatic carbocycles. The smallest absolute Gasteiger partial charge is 0.268 e. The summed E-state index contributed by atoms with van der Waals surface area (Å²) >= 11 is 5.86. The van der Waals surface area contributed by atoms with Gasteiger partial charge in [-0.05, 0) is 18.9 Å². The molecule has 2 rings (SSSR count). The van der Waals surface area contributed by atoms with Gasteiger partial charge in [0.2, 0.25) is 0 Å². The minimum atomic E-state index is -0.749. The van der Waals surface area contributed by atoms with Crippen LogP contribution >= 0.6 is 11.6 Å². The second-order valence-electron chi connectivity index (χ2n) is 5.48. The maximum absolute atomic E-state index is 12.0. The highest BCUT2D eigenvalue weighted by molar-refractivity contribution is 6.31. The van der Waals surface area contributed by atoms with Crippen molar-refractivity contribution in [1.82, 2.24) is 9.88 Å². The second kappa shape index (κ2) is 5.97. The first-order valence-corrected chi connectivity index (χ1v) is 7.20. The summed E-state index contributed by atoms with van der Waals surface area (Å²) in [5, 5.41) is 13.8. The number of amides is 1. The summed E-state index contributed by atoms with van der Waals surface area (Å²) in [5.74, 6) is -0.188. The van der Waals surface area contributed by atoms with Crippen LogP contribution in [0.4, 0.5) is 0 Å². The van der Waals surface area contributed by atoms with Crippen LogP contribution < -0.4 is 5.32 Å². The van der Waals surface area contributed by atoms with E-state index in [2.05, 4.69) is 5.32 Å². The number of rotatable bonds is 3. The average molecular weight is 285 g/mol. The first-order valence-electron chi connectivity index (χ1n) is 6.83. The highest BCUT2D eigenvalue weighted by atomic mass is 35.5. The van der Waals surface area contributed by atoms with E-state index in [1.807, 2.05) is 0 Å². The van der Waals surface area contributed by atoms with Crippen LogP contribution in [0.3, 0.4) is 0 Å². The highest BCUT2D eigenvalue weighted by Gasteiger charge is 2.28. The second-order valence-corrected chi connectivity index (χ2v) is 5.91. The molecular weight excluding hydrogens is 264 g/mol. The lowest BCUT2D eigenvalue weighted by atomic mass is 9.94. The van der Waals surface area contributed by atoms with Gasteiger partial charge in [-0.25, -0.2) is 0 Å². The van der Waals surface area contributed by atoms with Crippen molar-refractivity contribution >= 4 is 17.5 Å². The minimum Gasteiger partial charge on any atom is -0.388 e. The fourth-order valence-corrected chi connectivity index (χ4v) is 2.90.